The third kappa shape index (κ3) is 20.5. The number of amides is 10. The minimum absolute atomic E-state index is 0.0444. The fourth-order valence-electron chi connectivity index (χ4n) is 10.2. The highest BCUT2D eigenvalue weighted by molar-refractivity contribution is 7.92. The second-order valence-corrected chi connectivity index (χ2v) is 26.9. The smallest absolute Gasteiger partial charge is 0.248 e. The zero-order chi connectivity index (χ0) is 63.9. The van der Waals surface area contributed by atoms with Crippen molar-refractivity contribution in [2.24, 2.45) is 17.8 Å². The van der Waals surface area contributed by atoms with Crippen LogP contribution in [0, 0.1) is 17.8 Å². The number of likely N-dealkylation sites (N-methyl/N-ethyl adjacent to an activating group) is 6. The molecule has 2 aliphatic heterocycles. The zero-order valence-electron chi connectivity index (χ0n) is 52.8. The minimum atomic E-state index is -4.62. The molecule has 0 aliphatic carbocycles. The summed E-state index contributed by atoms with van der Waals surface area (Å²) in [7, 11) is 3.30. The van der Waals surface area contributed by atoms with Crippen molar-refractivity contribution in [1.29, 1.82) is 0 Å². The molecule has 0 radical (unpaired) electrons. The molecule has 2 heterocycles. The minimum Gasteiger partial charge on any atom is -0.391 e. The van der Waals surface area contributed by atoms with E-state index in [0.717, 1.165) is 35.8 Å². The number of benzene rings is 1. The number of aliphatic hydroxyl groups is 1. The second kappa shape index (κ2) is 31.8. The molecule has 0 saturated carbocycles. The van der Waals surface area contributed by atoms with Gasteiger partial charge in [-0.2, -0.15) is 0 Å². The Kier molecular flexibility index (Phi) is 27.3. The lowest BCUT2D eigenvalue weighted by molar-refractivity contribution is -0.151. The summed E-state index contributed by atoms with van der Waals surface area (Å²) in [5.74, 6) is -11.5. The molecule has 24 nitrogen and oxygen atoms in total. The Morgan fingerprint density at radius 1 is 0.667 bits per heavy atom. The van der Waals surface area contributed by atoms with E-state index >= 15 is 0 Å². The van der Waals surface area contributed by atoms with E-state index in [1.807, 2.05) is 27.7 Å². The Morgan fingerprint density at radius 3 is 1.73 bits per heavy atom. The molecule has 474 valence electrons. The lowest BCUT2D eigenvalue weighted by Crippen LogP contribution is -2.62. The number of piperidine rings is 1. The van der Waals surface area contributed by atoms with Crippen LogP contribution in [0.25, 0.3) is 0 Å². The molecule has 0 bridgehead atoms. The summed E-state index contributed by atoms with van der Waals surface area (Å²) >= 11 is 0. The van der Waals surface area contributed by atoms with Gasteiger partial charge in [-0.05, 0) is 90.0 Å². The fourth-order valence-corrected chi connectivity index (χ4v) is 11.7. The van der Waals surface area contributed by atoms with Crippen molar-refractivity contribution >= 4 is 68.9 Å². The first-order valence-electron chi connectivity index (χ1n) is 29.3. The van der Waals surface area contributed by atoms with Gasteiger partial charge in [0.05, 0.1) is 30.6 Å². The van der Waals surface area contributed by atoms with Crippen molar-refractivity contribution in [2.75, 3.05) is 80.0 Å². The van der Waals surface area contributed by atoms with E-state index < -0.39 is 160 Å². The summed E-state index contributed by atoms with van der Waals surface area (Å²) in [5, 5.41) is 19.1. The van der Waals surface area contributed by atoms with Gasteiger partial charge in [-0.1, -0.05) is 78.3 Å². The fraction of sp³-hybridized carbons (Fsp3) is 0.729. The maximum absolute atomic E-state index is 15.0. The Labute approximate surface area is 498 Å². The largest absolute Gasteiger partial charge is 0.391 e. The summed E-state index contributed by atoms with van der Waals surface area (Å²) in [6.07, 6.45) is 0.861. The van der Waals surface area contributed by atoms with E-state index in [-0.39, 0.29) is 44.2 Å². The highest BCUT2D eigenvalue weighted by Gasteiger charge is 2.43. The highest BCUT2D eigenvalue weighted by Crippen LogP contribution is 2.22. The van der Waals surface area contributed by atoms with E-state index in [1.54, 1.807) is 65.0 Å². The molecule has 2 saturated heterocycles. The van der Waals surface area contributed by atoms with Crippen LogP contribution < -0.4 is 16.0 Å². The summed E-state index contributed by atoms with van der Waals surface area (Å²) in [6.45, 7) is 18.0. The molecule has 3 rings (SSSR count). The number of carbonyl (C=O) groups is 10. The Hall–Kier alpha value is -6.21. The molecular weight excluding hydrogens is 1100 g/mol. The third-order valence-corrected chi connectivity index (χ3v) is 17.3. The molecule has 84 heavy (non-hydrogen) atoms. The molecule has 0 unspecified atom stereocenters. The summed E-state index contributed by atoms with van der Waals surface area (Å²) in [5.41, 5.74) is -0.227. The Morgan fingerprint density at radius 2 is 1.20 bits per heavy atom. The maximum Gasteiger partial charge on any atom is 0.248 e. The van der Waals surface area contributed by atoms with Gasteiger partial charge in [0.1, 0.15) is 54.1 Å². The van der Waals surface area contributed by atoms with Crippen LogP contribution in [-0.4, -0.2) is 247 Å². The lowest BCUT2D eigenvalue weighted by atomic mass is 9.95. The van der Waals surface area contributed by atoms with Gasteiger partial charge in [-0.15, -0.1) is 0 Å². The van der Waals surface area contributed by atoms with Crippen molar-refractivity contribution in [3.05, 3.63) is 35.9 Å². The topological polar surface area (TPSA) is 293 Å². The number of likely N-dealkylation sites (tertiary alicyclic amines) is 1. The van der Waals surface area contributed by atoms with Gasteiger partial charge in [0.25, 0.3) is 0 Å². The third-order valence-electron chi connectivity index (χ3n) is 15.7. The Bertz CT molecular complexity index is 2570. The van der Waals surface area contributed by atoms with E-state index in [9.17, 15) is 61.5 Å². The number of hydrogen-bond acceptors (Lipinski definition) is 14. The highest BCUT2D eigenvalue weighted by atomic mass is 32.2. The molecule has 10 atom stereocenters. The molecular formula is C59H98N10O14S. The van der Waals surface area contributed by atoms with Crippen LogP contribution in [-0.2, 0) is 68.9 Å². The first-order valence-corrected chi connectivity index (χ1v) is 31.1. The summed E-state index contributed by atoms with van der Waals surface area (Å²) in [4.78, 5) is 154. The predicted molar refractivity (Wildman–Crippen MR) is 317 cm³/mol. The van der Waals surface area contributed by atoms with Gasteiger partial charge in [0.2, 0.25) is 59.1 Å². The van der Waals surface area contributed by atoms with E-state index in [4.69, 9.17) is 4.74 Å². The number of carbonyl (C=O) groups excluding carboxylic acids is 10. The maximum atomic E-state index is 15.0. The van der Waals surface area contributed by atoms with Crippen molar-refractivity contribution < 1.29 is 66.2 Å². The molecule has 4 N–H and O–H groups in total. The average Bonchev–Trinajstić information content (AvgIpc) is 3.50. The van der Waals surface area contributed by atoms with Crippen molar-refractivity contribution in [2.45, 2.75) is 181 Å². The van der Waals surface area contributed by atoms with Gasteiger partial charge >= 0.3 is 0 Å². The average molecular weight is 1200 g/mol. The van der Waals surface area contributed by atoms with Gasteiger partial charge in [-0.25, -0.2) is 8.42 Å². The number of hydrogen-bond donors (Lipinski definition) is 4. The van der Waals surface area contributed by atoms with E-state index in [0.29, 0.717) is 24.8 Å². The van der Waals surface area contributed by atoms with Crippen LogP contribution in [0.2, 0.25) is 0 Å². The van der Waals surface area contributed by atoms with Crippen LogP contribution in [0.1, 0.15) is 120 Å². The van der Waals surface area contributed by atoms with Crippen molar-refractivity contribution in [3.63, 3.8) is 0 Å². The van der Waals surface area contributed by atoms with Crippen molar-refractivity contribution in [1.82, 2.24) is 50.2 Å². The Balaban J connectivity index is 2.31. The van der Waals surface area contributed by atoms with Gasteiger partial charge in [-0.3, -0.25) is 47.9 Å². The van der Waals surface area contributed by atoms with Crippen LogP contribution in [0.5, 0.6) is 0 Å². The van der Waals surface area contributed by atoms with Crippen LogP contribution in [0.4, 0.5) is 0 Å². The molecule has 1 aromatic rings. The number of nitrogens with one attached hydrogen (secondary N) is 3. The second-order valence-electron chi connectivity index (χ2n) is 24.8. The van der Waals surface area contributed by atoms with Gasteiger partial charge < -0.3 is 60.1 Å². The molecule has 1 aromatic carbocycles. The lowest BCUT2D eigenvalue weighted by Gasteiger charge is -2.38. The van der Waals surface area contributed by atoms with Crippen molar-refractivity contribution in [3.8, 4) is 0 Å². The van der Waals surface area contributed by atoms with Crippen LogP contribution in [0.15, 0.2) is 30.3 Å². The molecule has 10 amide bonds. The number of sulfone groups is 1. The van der Waals surface area contributed by atoms with E-state index in [2.05, 4.69) is 16.0 Å². The first-order chi connectivity index (χ1) is 38.9. The number of ether oxygens (including phenoxy) is 1. The van der Waals surface area contributed by atoms with E-state index in [1.165, 1.54) is 61.0 Å². The number of rotatable bonds is 12. The first kappa shape index (κ1) is 72.1. The standard InChI is InChI=1S/C59H98N10O14S/c1-18-38(6)50-53(75)61-43(56(78)69-27-23-20-24-28-69)34-84(81,82)35-48(72)64(13)39(7)54(76)67(16)46(31-41-25-21-19-22-26-41)57(79)66(15)45(30-37(4)5)52(74)62-49(40(8)70)58(80)63(12)32-47(71)65(14)44(29-36(2)3)51(73)60-42(55(77)68(50)17)33-83-59(9,10)11/h19,21-22,25-26,36-40,42-46,49-50,70H,18,20,23-24,27-35H2,1-17H3,(H,60,73)(H,61,75)(H,62,74)/t38-,39-,40+,42-,43-,44-,45-,46-,49-,50-/m0/s1. The van der Waals surface area contributed by atoms with Gasteiger partial charge in [0, 0.05) is 61.8 Å². The van der Waals surface area contributed by atoms with Gasteiger partial charge in [0.15, 0.2) is 9.84 Å². The SMILES string of the molecule is CC[C@H](C)[C@H]1C(=O)N[C@H](C(=O)N2CCCCC2)CS(=O)(=O)CC(=O)N(C)[C@@H](C)C(=O)N(C)[C@@H](Cc2ccccc2)C(=O)N(C)[C@@H](CC(C)C)C(=O)N[C@@H]([C@@H](C)O)C(=O)N(C)CC(=O)N(C)[C@@H](CC(C)C)C(=O)N[C@@H](COC(C)(C)C)C(=O)N1C. The number of aliphatic hydroxyl groups excluding tert-OH is 1. The number of nitrogens with zero attached hydrogens (tertiary/aromatic N) is 7. The van der Waals surface area contributed by atoms with Crippen LogP contribution in [0.3, 0.4) is 0 Å². The molecule has 2 aliphatic rings. The molecule has 25 heteroatoms. The predicted octanol–water partition coefficient (Wildman–Crippen LogP) is 1.07. The molecule has 0 aromatic heterocycles. The monoisotopic (exact) mass is 1200 g/mol. The summed E-state index contributed by atoms with van der Waals surface area (Å²) in [6, 6.07) is -2.78. The van der Waals surface area contributed by atoms with Crippen LogP contribution >= 0.6 is 0 Å². The summed E-state index contributed by atoms with van der Waals surface area (Å²) < 4.78 is 34.7. The zero-order valence-corrected chi connectivity index (χ0v) is 53.6. The molecule has 2 fully saturated rings. The molecule has 0 spiro atoms. The quantitative estimate of drug-likeness (QED) is 0.228. The normalized spacial score (nSPS) is 26.3.